The van der Waals surface area contributed by atoms with Crippen LogP contribution in [0.15, 0.2) is 47.9 Å². The number of nitrogens with one attached hydrogen (secondary N) is 1. The molecule has 0 bridgehead atoms. The molecule has 3 rings (SSSR count). The van der Waals surface area contributed by atoms with Crippen molar-refractivity contribution in [1.29, 1.82) is 0 Å². The minimum absolute atomic E-state index is 0.0688. The van der Waals surface area contributed by atoms with Crippen LogP contribution in [0, 0.1) is 0 Å². The van der Waals surface area contributed by atoms with Gasteiger partial charge in [-0.15, -0.1) is 0 Å². The largest absolute Gasteiger partial charge is 0.367 e. The highest BCUT2D eigenvalue weighted by Gasteiger charge is 2.27. The summed E-state index contributed by atoms with van der Waals surface area (Å²) in [7, 11) is -1.79. The molecule has 1 aliphatic heterocycles. The molecule has 1 saturated heterocycles. The third-order valence-corrected chi connectivity index (χ3v) is 5.24. The smallest absolute Gasteiger partial charge is 0.259 e. The van der Waals surface area contributed by atoms with E-state index in [1.54, 1.807) is 11.6 Å². The number of para-hydroxylation sites is 1. The number of sulfonamides is 1. The third-order valence-electron chi connectivity index (χ3n) is 3.93. The minimum Gasteiger partial charge on any atom is -0.367 e. The fourth-order valence-electron chi connectivity index (χ4n) is 2.81. The van der Waals surface area contributed by atoms with Gasteiger partial charge in [-0.2, -0.15) is 0 Å². The van der Waals surface area contributed by atoms with Crippen molar-refractivity contribution in [3.05, 3.63) is 42.9 Å². The lowest BCUT2D eigenvalue weighted by atomic mass is 10.2. The van der Waals surface area contributed by atoms with Crippen LogP contribution in [0.2, 0.25) is 0 Å². The molecule has 0 amide bonds. The Bertz CT molecular complexity index is 727. The Morgan fingerprint density at radius 1 is 1.32 bits per heavy atom. The number of anilines is 1. The maximum absolute atomic E-state index is 12.2. The zero-order valence-electron chi connectivity index (χ0n) is 12.5. The standard InChI is InChI=1S/C15H20N4O2S/c1-18-11-15(16-12-18)22(20,21)17-10-14-8-5-9-19(14)13-6-3-2-4-7-13/h2-4,6-7,11-12,14,17H,5,8-10H2,1H3. The third kappa shape index (κ3) is 3.15. The van der Waals surface area contributed by atoms with E-state index in [1.165, 1.54) is 12.5 Å². The topological polar surface area (TPSA) is 67.2 Å². The quantitative estimate of drug-likeness (QED) is 0.903. The first-order valence-corrected chi connectivity index (χ1v) is 8.84. The molecule has 6 nitrogen and oxygen atoms in total. The summed E-state index contributed by atoms with van der Waals surface area (Å²) in [6, 6.07) is 10.3. The van der Waals surface area contributed by atoms with Gasteiger partial charge in [0, 0.05) is 38.1 Å². The first-order valence-electron chi connectivity index (χ1n) is 7.35. The van der Waals surface area contributed by atoms with E-state index in [4.69, 9.17) is 0 Å². The second-order valence-corrected chi connectivity index (χ2v) is 7.27. The van der Waals surface area contributed by atoms with Crippen molar-refractivity contribution < 1.29 is 8.42 Å². The zero-order chi connectivity index (χ0) is 15.6. The molecule has 1 fully saturated rings. The molecule has 7 heteroatoms. The Morgan fingerprint density at radius 2 is 2.09 bits per heavy atom. The molecule has 1 N–H and O–H groups in total. The van der Waals surface area contributed by atoms with Gasteiger partial charge in [-0.3, -0.25) is 0 Å². The van der Waals surface area contributed by atoms with E-state index in [1.807, 2.05) is 18.2 Å². The molecule has 0 radical (unpaired) electrons. The second kappa shape index (κ2) is 6.10. The van der Waals surface area contributed by atoms with E-state index in [0.717, 1.165) is 25.1 Å². The van der Waals surface area contributed by atoms with Gasteiger partial charge in [-0.25, -0.2) is 18.1 Å². The molecule has 22 heavy (non-hydrogen) atoms. The predicted molar refractivity (Wildman–Crippen MR) is 85.2 cm³/mol. The van der Waals surface area contributed by atoms with Crippen molar-refractivity contribution in [3.63, 3.8) is 0 Å². The number of rotatable bonds is 5. The maximum atomic E-state index is 12.2. The fourth-order valence-corrected chi connectivity index (χ4v) is 3.87. The van der Waals surface area contributed by atoms with Crippen LogP contribution in [-0.2, 0) is 17.1 Å². The van der Waals surface area contributed by atoms with E-state index in [9.17, 15) is 8.42 Å². The molecule has 2 aromatic rings. The summed E-state index contributed by atoms with van der Waals surface area (Å²) in [5.74, 6) is 0. The van der Waals surface area contributed by atoms with Crippen molar-refractivity contribution in [2.45, 2.75) is 23.9 Å². The number of imidazole rings is 1. The average Bonchev–Trinajstić information content (AvgIpc) is 3.15. The number of benzene rings is 1. The van der Waals surface area contributed by atoms with Crippen LogP contribution in [0.5, 0.6) is 0 Å². The summed E-state index contributed by atoms with van der Waals surface area (Å²) in [6.07, 6.45) is 5.05. The molecule has 0 aliphatic carbocycles. The van der Waals surface area contributed by atoms with Crippen LogP contribution in [-0.4, -0.2) is 37.1 Å². The van der Waals surface area contributed by atoms with Gasteiger partial charge in [0.1, 0.15) is 0 Å². The highest BCUT2D eigenvalue weighted by Crippen LogP contribution is 2.25. The van der Waals surface area contributed by atoms with E-state index >= 15 is 0 Å². The second-order valence-electron chi connectivity index (χ2n) is 5.55. The average molecular weight is 320 g/mol. The van der Waals surface area contributed by atoms with Crippen molar-refractivity contribution >= 4 is 15.7 Å². The Morgan fingerprint density at radius 3 is 2.77 bits per heavy atom. The minimum atomic E-state index is -3.54. The molecular formula is C15H20N4O2S. The first-order chi connectivity index (χ1) is 10.6. The van der Waals surface area contributed by atoms with Crippen LogP contribution in [0.3, 0.4) is 0 Å². The molecule has 1 aliphatic rings. The Kier molecular flexibility index (Phi) is 4.17. The van der Waals surface area contributed by atoms with Gasteiger partial charge in [0.25, 0.3) is 10.0 Å². The van der Waals surface area contributed by atoms with Crippen LogP contribution in [0.25, 0.3) is 0 Å². The lowest BCUT2D eigenvalue weighted by molar-refractivity contribution is 0.564. The summed E-state index contributed by atoms with van der Waals surface area (Å²) in [5.41, 5.74) is 1.14. The molecule has 2 heterocycles. The van der Waals surface area contributed by atoms with Crippen LogP contribution in [0.1, 0.15) is 12.8 Å². The molecule has 0 saturated carbocycles. The number of nitrogens with zero attached hydrogens (tertiary/aromatic N) is 3. The highest BCUT2D eigenvalue weighted by atomic mass is 32.2. The molecule has 1 aromatic heterocycles. The normalized spacial score (nSPS) is 18.8. The molecule has 118 valence electrons. The summed E-state index contributed by atoms with van der Waals surface area (Å²) in [4.78, 5) is 6.17. The lowest BCUT2D eigenvalue weighted by Gasteiger charge is -2.26. The number of aryl methyl sites for hydroxylation is 1. The van der Waals surface area contributed by atoms with Gasteiger partial charge in [0.15, 0.2) is 5.03 Å². The molecule has 1 unspecified atom stereocenters. The summed E-state index contributed by atoms with van der Waals surface area (Å²) < 4.78 is 28.8. The highest BCUT2D eigenvalue weighted by molar-refractivity contribution is 7.89. The van der Waals surface area contributed by atoms with Gasteiger partial charge in [-0.1, -0.05) is 18.2 Å². The molecule has 1 atom stereocenters. The predicted octanol–water partition coefficient (Wildman–Crippen LogP) is 1.37. The van der Waals surface area contributed by atoms with Crippen molar-refractivity contribution in [2.24, 2.45) is 7.05 Å². The van der Waals surface area contributed by atoms with Crippen LogP contribution in [0.4, 0.5) is 5.69 Å². The van der Waals surface area contributed by atoms with Gasteiger partial charge >= 0.3 is 0 Å². The Hall–Kier alpha value is -1.86. The number of hydrogen-bond donors (Lipinski definition) is 1. The Labute approximate surface area is 130 Å². The molecule has 0 spiro atoms. The van der Waals surface area contributed by atoms with Crippen molar-refractivity contribution in [2.75, 3.05) is 18.0 Å². The van der Waals surface area contributed by atoms with E-state index in [-0.39, 0.29) is 11.1 Å². The van der Waals surface area contributed by atoms with Gasteiger partial charge < -0.3 is 9.47 Å². The van der Waals surface area contributed by atoms with E-state index in [0.29, 0.717) is 6.54 Å². The van der Waals surface area contributed by atoms with E-state index in [2.05, 4.69) is 26.7 Å². The summed E-state index contributed by atoms with van der Waals surface area (Å²) >= 11 is 0. The summed E-state index contributed by atoms with van der Waals surface area (Å²) in [6.45, 7) is 1.35. The molecule has 1 aromatic carbocycles. The number of hydrogen-bond acceptors (Lipinski definition) is 4. The van der Waals surface area contributed by atoms with Crippen molar-refractivity contribution in [3.8, 4) is 0 Å². The van der Waals surface area contributed by atoms with E-state index < -0.39 is 10.0 Å². The van der Waals surface area contributed by atoms with Gasteiger partial charge in [0.2, 0.25) is 0 Å². The summed E-state index contributed by atoms with van der Waals surface area (Å²) in [5, 5.41) is 0.0688. The first kappa shape index (κ1) is 15.1. The molecular weight excluding hydrogens is 300 g/mol. The number of aromatic nitrogens is 2. The maximum Gasteiger partial charge on any atom is 0.259 e. The van der Waals surface area contributed by atoms with Crippen LogP contribution >= 0.6 is 0 Å². The van der Waals surface area contributed by atoms with Gasteiger partial charge in [0.05, 0.1) is 6.33 Å². The van der Waals surface area contributed by atoms with Crippen LogP contribution < -0.4 is 9.62 Å². The Balaban J connectivity index is 1.68. The zero-order valence-corrected chi connectivity index (χ0v) is 13.3. The lowest BCUT2D eigenvalue weighted by Crippen LogP contribution is -2.40. The van der Waals surface area contributed by atoms with Gasteiger partial charge in [-0.05, 0) is 25.0 Å². The monoisotopic (exact) mass is 320 g/mol. The fraction of sp³-hybridized carbons (Fsp3) is 0.400. The van der Waals surface area contributed by atoms with Crippen molar-refractivity contribution in [1.82, 2.24) is 14.3 Å². The SMILES string of the molecule is Cn1cnc(S(=O)(=O)NCC2CCCN2c2ccccc2)c1.